The van der Waals surface area contributed by atoms with Crippen LogP contribution in [-0.4, -0.2) is 33.2 Å². The molecule has 2 aromatic rings. The zero-order valence-electron chi connectivity index (χ0n) is 14.6. The number of amides is 1. The molecule has 0 spiro atoms. The normalized spacial score (nSPS) is 22.9. The van der Waals surface area contributed by atoms with Gasteiger partial charge in [-0.15, -0.1) is 5.10 Å². The fourth-order valence-corrected chi connectivity index (χ4v) is 4.27. The van der Waals surface area contributed by atoms with Crippen molar-refractivity contribution in [3.63, 3.8) is 0 Å². The number of likely N-dealkylation sites (tertiary alicyclic amines) is 1. The first-order valence-electron chi connectivity index (χ1n) is 9.25. The first-order valence-corrected chi connectivity index (χ1v) is 9.25. The molecule has 2 atom stereocenters. The first kappa shape index (κ1) is 17.0. The van der Waals surface area contributed by atoms with Gasteiger partial charge in [-0.2, -0.15) is 4.68 Å². The lowest BCUT2D eigenvalue weighted by Gasteiger charge is -2.44. The zero-order valence-corrected chi connectivity index (χ0v) is 14.6. The summed E-state index contributed by atoms with van der Waals surface area (Å²) in [7, 11) is 0. The number of hydrogen-bond donors (Lipinski definition) is 0. The molecule has 1 amide bonds. The van der Waals surface area contributed by atoms with Crippen molar-refractivity contribution in [3.8, 4) is 11.5 Å². The Morgan fingerprint density at radius 2 is 1.88 bits per heavy atom. The molecule has 0 radical (unpaired) electrons. The van der Waals surface area contributed by atoms with E-state index in [-0.39, 0.29) is 24.2 Å². The summed E-state index contributed by atoms with van der Waals surface area (Å²) in [5.41, 5.74) is 0.500. The molecule has 138 valence electrons. The van der Waals surface area contributed by atoms with Crippen LogP contribution in [0.15, 0.2) is 33.5 Å². The fourth-order valence-electron chi connectivity index (χ4n) is 4.27. The molecule has 26 heavy (non-hydrogen) atoms. The number of halogens is 1. The lowest BCUT2D eigenvalue weighted by molar-refractivity contribution is -0.138. The molecule has 4 rings (SSSR count). The molecule has 6 nitrogen and oxygen atoms in total. The Morgan fingerprint density at radius 3 is 2.69 bits per heavy atom. The molecule has 0 N–H and O–H groups in total. The molecular formula is C19H22FN3O3. The minimum absolute atomic E-state index is 0.0809. The Bertz CT molecular complexity index is 840. The minimum Gasteiger partial charge on any atom is -0.388 e. The minimum atomic E-state index is -0.671. The Morgan fingerprint density at radius 1 is 1.15 bits per heavy atom. The van der Waals surface area contributed by atoms with E-state index < -0.39 is 5.76 Å². The van der Waals surface area contributed by atoms with E-state index in [0.717, 1.165) is 30.5 Å². The first-order chi connectivity index (χ1) is 12.6. The molecule has 1 aromatic carbocycles. The van der Waals surface area contributed by atoms with Gasteiger partial charge in [0.05, 0.1) is 0 Å². The van der Waals surface area contributed by atoms with Crippen LogP contribution in [0.5, 0.6) is 0 Å². The van der Waals surface area contributed by atoms with Crippen molar-refractivity contribution in [2.45, 2.75) is 51.1 Å². The highest BCUT2D eigenvalue weighted by molar-refractivity contribution is 5.76. The van der Waals surface area contributed by atoms with Crippen LogP contribution < -0.4 is 5.76 Å². The van der Waals surface area contributed by atoms with E-state index in [4.69, 9.17) is 4.42 Å². The maximum absolute atomic E-state index is 13.0. The van der Waals surface area contributed by atoms with Gasteiger partial charge in [-0.05, 0) is 55.9 Å². The van der Waals surface area contributed by atoms with E-state index in [1.807, 2.05) is 4.90 Å². The van der Waals surface area contributed by atoms with E-state index in [0.29, 0.717) is 17.5 Å². The number of benzene rings is 1. The Labute approximate surface area is 150 Å². The monoisotopic (exact) mass is 359 g/mol. The number of piperidine rings is 1. The molecule has 2 heterocycles. The van der Waals surface area contributed by atoms with Gasteiger partial charge in [0, 0.05) is 18.2 Å². The molecule has 1 saturated heterocycles. The number of hydrogen-bond acceptors (Lipinski definition) is 4. The average Bonchev–Trinajstić information content (AvgIpc) is 3.02. The SMILES string of the molecule is O=C(Cn1nc(-c2ccc(F)cc2)oc1=O)N1CCCC2CCCCC21. The standard InChI is InChI=1S/C19H22FN3O3/c20-15-9-7-14(8-10-15)18-21-23(19(25)26-18)12-17(24)22-11-3-5-13-4-1-2-6-16(13)22/h7-10,13,16H,1-6,11-12H2. The summed E-state index contributed by atoms with van der Waals surface area (Å²) in [4.78, 5) is 26.8. The number of carbonyl (C=O) groups is 1. The maximum Gasteiger partial charge on any atom is 0.437 e. The predicted octanol–water partition coefficient (Wildman–Crippen LogP) is 2.82. The summed E-state index contributed by atoms with van der Waals surface area (Å²) in [6.07, 6.45) is 6.84. The molecule has 1 aliphatic carbocycles. The second-order valence-corrected chi connectivity index (χ2v) is 7.18. The number of rotatable bonds is 3. The molecule has 2 aliphatic rings. The molecule has 2 fully saturated rings. The number of carbonyl (C=O) groups excluding carboxylic acids is 1. The third-order valence-electron chi connectivity index (χ3n) is 5.55. The quantitative estimate of drug-likeness (QED) is 0.845. The van der Waals surface area contributed by atoms with Crippen LogP contribution in [0.4, 0.5) is 4.39 Å². The largest absolute Gasteiger partial charge is 0.437 e. The van der Waals surface area contributed by atoms with Crippen molar-refractivity contribution >= 4 is 5.91 Å². The topological polar surface area (TPSA) is 68.3 Å². The summed E-state index contributed by atoms with van der Waals surface area (Å²) in [5, 5.41) is 4.12. The van der Waals surface area contributed by atoms with E-state index >= 15 is 0 Å². The fraction of sp³-hybridized carbons (Fsp3) is 0.526. The molecule has 1 aliphatic heterocycles. The van der Waals surface area contributed by atoms with Crippen LogP contribution in [0.1, 0.15) is 38.5 Å². The summed E-state index contributed by atoms with van der Waals surface area (Å²) < 4.78 is 19.2. The highest BCUT2D eigenvalue weighted by Gasteiger charge is 2.35. The zero-order chi connectivity index (χ0) is 18.1. The highest BCUT2D eigenvalue weighted by Crippen LogP contribution is 2.35. The van der Waals surface area contributed by atoms with Gasteiger partial charge in [0.15, 0.2) is 0 Å². The van der Waals surface area contributed by atoms with Crippen LogP contribution >= 0.6 is 0 Å². The Balaban J connectivity index is 1.51. The lowest BCUT2D eigenvalue weighted by atomic mass is 9.78. The lowest BCUT2D eigenvalue weighted by Crippen LogP contribution is -2.51. The van der Waals surface area contributed by atoms with Crippen molar-refractivity contribution < 1.29 is 13.6 Å². The second-order valence-electron chi connectivity index (χ2n) is 7.18. The third kappa shape index (κ3) is 3.30. The van der Waals surface area contributed by atoms with Gasteiger partial charge in [0.25, 0.3) is 0 Å². The summed E-state index contributed by atoms with van der Waals surface area (Å²) in [5.74, 6) is -0.447. The summed E-state index contributed by atoms with van der Waals surface area (Å²) in [6.45, 7) is 0.629. The number of fused-ring (bicyclic) bond motifs is 1. The van der Waals surface area contributed by atoms with Gasteiger partial charge >= 0.3 is 5.76 Å². The van der Waals surface area contributed by atoms with E-state index in [1.165, 1.54) is 43.5 Å². The van der Waals surface area contributed by atoms with Gasteiger partial charge in [0.2, 0.25) is 11.8 Å². The molecular weight excluding hydrogens is 337 g/mol. The Kier molecular flexibility index (Phi) is 4.61. The smallest absolute Gasteiger partial charge is 0.388 e. The van der Waals surface area contributed by atoms with Gasteiger partial charge in [0.1, 0.15) is 12.4 Å². The predicted molar refractivity (Wildman–Crippen MR) is 92.9 cm³/mol. The van der Waals surface area contributed by atoms with Crippen molar-refractivity contribution in [2.75, 3.05) is 6.54 Å². The van der Waals surface area contributed by atoms with Crippen molar-refractivity contribution in [2.24, 2.45) is 5.92 Å². The summed E-state index contributed by atoms with van der Waals surface area (Å²) in [6, 6.07) is 5.82. The number of aromatic nitrogens is 2. The van der Waals surface area contributed by atoms with E-state index in [2.05, 4.69) is 5.10 Å². The molecule has 1 saturated carbocycles. The van der Waals surface area contributed by atoms with Crippen LogP contribution in [0.25, 0.3) is 11.5 Å². The molecule has 2 unspecified atom stereocenters. The third-order valence-corrected chi connectivity index (χ3v) is 5.55. The van der Waals surface area contributed by atoms with Gasteiger partial charge in [-0.25, -0.2) is 9.18 Å². The average molecular weight is 359 g/mol. The van der Waals surface area contributed by atoms with Crippen LogP contribution in [0, 0.1) is 11.7 Å². The van der Waals surface area contributed by atoms with Crippen LogP contribution in [-0.2, 0) is 11.3 Å². The van der Waals surface area contributed by atoms with Crippen molar-refractivity contribution in [3.05, 3.63) is 40.6 Å². The Hall–Kier alpha value is -2.44. The second kappa shape index (κ2) is 7.05. The van der Waals surface area contributed by atoms with Crippen molar-refractivity contribution in [1.29, 1.82) is 0 Å². The van der Waals surface area contributed by atoms with Crippen LogP contribution in [0.3, 0.4) is 0 Å². The maximum atomic E-state index is 13.0. The van der Waals surface area contributed by atoms with E-state index in [1.54, 1.807) is 0 Å². The number of nitrogens with zero attached hydrogens (tertiary/aromatic N) is 3. The summed E-state index contributed by atoms with van der Waals surface area (Å²) >= 11 is 0. The van der Waals surface area contributed by atoms with Gasteiger partial charge in [-0.1, -0.05) is 12.8 Å². The van der Waals surface area contributed by atoms with Crippen molar-refractivity contribution in [1.82, 2.24) is 14.7 Å². The van der Waals surface area contributed by atoms with Gasteiger partial charge < -0.3 is 9.32 Å². The molecule has 0 bridgehead atoms. The molecule has 1 aromatic heterocycles. The highest BCUT2D eigenvalue weighted by atomic mass is 19.1. The van der Waals surface area contributed by atoms with Crippen LogP contribution in [0.2, 0.25) is 0 Å². The van der Waals surface area contributed by atoms with Gasteiger partial charge in [-0.3, -0.25) is 4.79 Å². The van der Waals surface area contributed by atoms with E-state index in [9.17, 15) is 14.0 Å². The molecule has 7 heteroatoms.